The lowest BCUT2D eigenvalue weighted by atomic mass is 10.1. The van der Waals surface area contributed by atoms with Crippen LogP contribution in [0.15, 0.2) is 40.1 Å². The first-order valence-corrected chi connectivity index (χ1v) is 11.3. The predicted molar refractivity (Wildman–Crippen MR) is 113 cm³/mol. The van der Waals surface area contributed by atoms with Gasteiger partial charge in [0.15, 0.2) is 5.82 Å². The van der Waals surface area contributed by atoms with Crippen LogP contribution < -0.4 is 0 Å². The van der Waals surface area contributed by atoms with E-state index in [0.29, 0.717) is 0 Å². The normalized spacial score (nSPS) is 17.6. The molecule has 0 atom stereocenters. The zero-order chi connectivity index (χ0) is 18.1. The first-order valence-electron chi connectivity index (χ1n) is 9.57. The van der Waals surface area contributed by atoms with Crippen molar-refractivity contribution in [3.8, 4) is 10.4 Å². The second kappa shape index (κ2) is 7.62. The van der Waals surface area contributed by atoms with Gasteiger partial charge < -0.3 is 0 Å². The number of rotatable bonds is 4. The molecule has 0 radical (unpaired) electrons. The molecule has 0 aliphatic carbocycles. The molecule has 0 amide bonds. The number of nitrogens with zero attached hydrogens (tertiary/aromatic N) is 4. The minimum atomic E-state index is 0.862. The van der Waals surface area contributed by atoms with Gasteiger partial charge in [-0.3, -0.25) is 9.89 Å². The second-order valence-corrected chi connectivity index (χ2v) is 9.14. The highest BCUT2D eigenvalue weighted by molar-refractivity contribution is 7.16. The van der Waals surface area contributed by atoms with Gasteiger partial charge in [0, 0.05) is 59.7 Å². The van der Waals surface area contributed by atoms with Gasteiger partial charge in [0.05, 0.1) is 11.4 Å². The van der Waals surface area contributed by atoms with Crippen LogP contribution in [-0.4, -0.2) is 33.7 Å². The van der Waals surface area contributed by atoms with Gasteiger partial charge in [0.2, 0.25) is 0 Å². The van der Waals surface area contributed by atoms with Gasteiger partial charge in [0.25, 0.3) is 0 Å². The maximum Gasteiger partial charge on any atom is 0.173 e. The largest absolute Gasteiger partial charge is 0.293 e. The van der Waals surface area contributed by atoms with Crippen LogP contribution >= 0.6 is 22.7 Å². The van der Waals surface area contributed by atoms with E-state index in [0.717, 1.165) is 50.6 Å². The van der Waals surface area contributed by atoms with Crippen molar-refractivity contribution in [1.29, 1.82) is 0 Å². The first kappa shape index (κ1) is 17.2. The molecule has 0 aromatic carbocycles. The zero-order valence-electron chi connectivity index (χ0n) is 15.2. The summed E-state index contributed by atoms with van der Waals surface area (Å²) in [6, 6.07) is 6.72. The van der Waals surface area contributed by atoms with Crippen molar-refractivity contribution in [3.05, 3.63) is 57.1 Å². The number of thiophene rings is 2. The fourth-order valence-electron chi connectivity index (χ4n) is 3.77. The molecule has 3 aromatic rings. The summed E-state index contributed by atoms with van der Waals surface area (Å²) in [7, 11) is 0. The molecule has 0 N–H and O–H groups in total. The van der Waals surface area contributed by atoms with E-state index < -0.39 is 0 Å². The molecule has 5 heterocycles. The molecular formula is C21H22N4S2. The summed E-state index contributed by atoms with van der Waals surface area (Å²) < 4.78 is 0. The summed E-state index contributed by atoms with van der Waals surface area (Å²) in [5.41, 5.74) is 4.93. The molecule has 5 rings (SSSR count). The Hall–Kier alpha value is -1.89. The molecule has 138 valence electrons. The maximum atomic E-state index is 4.85. The fourth-order valence-corrected chi connectivity index (χ4v) is 5.55. The smallest absolute Gasteiger partial charge is 0.173 e. The van der Waals surface area contributed by atoms with Crippen molar-refractivity contribution in [3.63, 3.8) is 0 Å². The van der Waals surface area contributed by atoms with Gasteiger partial charge >= 0.3 is 0 Å². The fraction of sp³-hybridized carbons (Fsp3) is 0.381. The van der Waals surface area contributed by atoms with Crippen molar-refractivity contribution in [1.82, 2.24) is 14.9 Å². The second-order valence-electron chi connectivity index (χ2n) is 7.19. The molecule has 0 saturated carbocycles. The van der Waals surface area contributed by atoms with Crippen LogP contribution in [0.5, 0.6) is 0 Å². The monoisotopic (exact) mass is 394 g/mol. The Bertz CT molecular complexity index is 958. The van der Waals surface area contributed by atoms with Crippen LogP contribution in [0.1, 0.15) is 41.2 Å². The van der Waals surface area contributed by atoms with E-state index in [1.165, 1.54) is 39.4 Å². The van der Waals surface area contributed by atoms with E-state index in [2.05, 4.69) is 43.8 Å². The Kier molecular flexibility index (Phi) is 4.86. The van der Waals surface area contributed by atoms with Crippen LogP contribution in [-0.2, 0) is 19.5 Å². The topological polar surface area (TPSA) is 41.4 Å². The Labute approximate surface area is 167 Å². The van der Waals surface area contributed by atoms with Crippen molar-refractivity contribution >= 4 is 28.4 Å². The van der Waals surface area contributed by atoms with Crippen LogP contribution in [0.4, 0.5) is 0 Å². The van der Waals surface area contributed by atoms with E-state index in [4.69, 9.17) is 4.98 Å². The molecule has 3 aromatic heterocycles. The molecule has 2 aliphatic rings. The highest BCUT2D eigenvalue weighted by Gasteiger charge is 2.20. The lowest BCUT2D eigenvalue weighted by Gasteiger charge is -2.27. The van der Waals surface area contributed by atoms with Crippen LogP contribution in [0.25, 0.3) is 10.4 Å². The average molecular weight is 395 g/mol. The lowest BCUT2D eigenvalue weighted by molar-refractivity contribution is 0.245. The van der Waals surface area contributed by atoms with E-state index in [9.17, 15) is 0 Å². The summed E-state index contributed by atoms with van der Waals surface area (Å²) in [5, 5.41) is 4.36. The molecular weight excluding hydrogens is 372 g/mol. The maximum absolute atomic E-state index is 4.85. The van der Waals surface area contributed by atoms with Crippen molar-refractivity contribution in [2.45, 2.75) is 38.8 Å². The number of hydrogen-bond acceptors (Lipinski definition) is 6. The molecule has 0 spiro atoms. The highest BCUT2D eigenvalue weighted by Crippen LogP contribution is 2.31. The van der Waals surface area contributed by atoms with Crippen molar-refractivity contribution in [2.75, 3.05) is 13.1 Å². The average Bonchev–Trinajstić information content (AvgIpc) is 3.40. The van der Waals surface area contributed by atoms with Crippen LogP contribution in [0, 0.1) is 0 Å². The standard InChI is InChI=1S/C21H22N4S2/c1-2-8-22-19(3-1)21-23-11-16-12-25(9-6-18(16)24-21)13-17-4-5-20(27-17)15-7-10-26-14-15/h4-5,7,10-11,14H,1-3,6,8-9,12-13H2. The van der Waals surface area contributed by atoms with Gasteiger partial charge in [-0.05, 0) is 48.2 Å². The third-order valence-electron chi connectivity index (χ3n) is 5.24. The van der Waals surface area contributed by atoms with E-state index in [-0.39, 0.29) is 0 Å². The summed E-state index contributed by atoms with van der Waals surface area (Å²) >= 11 is 3.66. The number of hydrogen-bond donors (Lipinski definition) is 0. The van der Waals surface area contributed by atoms with Gasteiger partial charge in [-0.15, -0.1) is 11.3 Å². The molecule has 6 heteroatoms. The Morgan fingerprint density at radius 2 is 2.11 bits per heavy atom. The SMILES string of the molecule is c1cc(-c2ccc(CN3CCc4nc(C5=NCCCC5)ncc4C3)s2)cs1. The van der Waals surface area contributed by atoms with E-state index in [1.807, 2.05) is 17.5 Å². The molecule has 4 nitrogen and oxygen atoms in total. The van der Waals surface area contributed by atoms with Gasteiger partial charge in [-0.25, -0.2) is 9.97 Å². The summed E-state index contributed by atoms with van der Waals surface area (Å²) in [6.07, 6.45) is 6.46. The summed E-state index contributed by atoms with van der Waals surface area (Å²) in [6.45, 7) is 3.93. The van der Waals surface area contributed by atoms with E-state index in [1.54, 1.807) is 11.3 Å². The molecule has 0 fully saturated rings. The lowest BCUT2D eigenvalue weighted by Crippen LogP contribution is -2.31. The number of aliphatic imine (C=N–C) groups is 1. The zero-order valence-corrected chi connectivity index (χ0v) is 16.9. The van der Waals surface area contributed by atoms with Gasteiger partial charge in [0.1, 0.15) is 0 Å². The number of fused-ring (bicyclic) bond motifs is 1. The predicted octanol–water partition coefficient (Wildman–Crippen LogP) is 4.80. The van der Waals surface area contributed by atoms with Gasteiger partial charge in [-0.1, -0.05) is 0 Å². The first-order chi connectivity index (χ1) is 13.3. The molecule has 0 saturated heterocycles. The van der Waals surface area contributed by atoms with Crippen LogP contribution in [0.3, 0.4) is 0 Å². The number of aromatic nitrogens is 2. The minimum absolute atomic E-state index is 0.862. The van der Waals surface area contributed by atoms with Crippen molar-refractivity contribution in [2.24, 2.45) is 4.99 Å². The molecule has 0 bridgehead atoms. The minimum Gasteiger partial charge on any atom is -0.293 e. The Balaban J connectivity index is 1.28. The van der Waals surface area contributed by atoms with Gasteiger partial charge in [-0.2, -0.15) is 11.3 Å². The molecule has 0 unspecified atom stereocenters. The molecule has 2 aliphatic heterocycles. The van der Waals surface area contributed by atoms with Crippen LogP contribution in [0.2, 0.25) is 0 Å². The Morgan fingerprint density at radius 1 is 1.11 bits per heavy atom. The third-order valence-corrected chi connectivity index (χ3v) is 7.04. The highest BCUT2D eigenvalue weighted by atomic mass is 32.1. The van der Waals surface area contributed by atoms with Crippen molar-refractivity contribution < 1.29 is 0 Å². The molecule has 27 heavy (non-hydrogen) atoms. The third kappa shape index (κ3) is 3.74. The summed E-state index contributed by atoms with van der Waals surface area (Å²) in [5.74, 6) is 0.862. The quantitative estimate of drug-likeness (QED) is 0.638. The summed E-state index contributed by atoms with van der Waals surface area (Å²) in [4.78, 5) is 19.4. The van der Waals surface area contributed by atoms with E-state index >= 15 is 0 Å². The Morgan fingerprint density at radius 3 is 2.96 bits per heavy atom.